The summed E-state index contributed by atoms with van der Waals surface area (Å²) < 4.78 is 175. The number of alkyl carbamates (subject to hydrolysis) is 1. The molecule has 0 aliphatic heterocycles. The number of phosphoric ester groups is 1. The molecule has 0 bridgehead atoms. The molecule has 0 aliphatic carbocycles. The molecule has 0 saturated heterocycles. The second-order valence-corrected chi connectivity index (χ2v) is 18.3. The van der Waals surface area contributed by atoms with E-state index in [1.807, 2.05) is 28.0 Å². The molecule has 4 amide bonds. The fourth-order valence-electron chi connectivity index (χ4n) is 6.02. The average Bonchev–Trinajstić information content (AvgIpc) is 3.73. The number of methoxy groups -OCH3 is 1. The van der Waals surface area contributed by atoms with E-state index in [9.17, 15) is 68.8 Å². The number of benzene rings is 2. The molecule has 390 valence electrons. The minimum atomic E-state index is -5.38. The van der Waals surface area contributed by atoms with Crippen molar-refractivity contribution < 1.29 is 106 Å². The molecule has 3 aromatic rings. The highest BCUT2D eigenvalue weighted by molar-refractivity contribution is 14.1. The van der Waals surface area contributed by atoms with Gasteiger partial charge in [-0.2, -0.15) is 40.2 Å². The van der Waals surface area contributed by atoms with Crippen molar-refractivity contribution in [2.45, 2.75) is 83.8 Å². The Labute approximate surface area is 403 Å². The number of carbonyl (C=O) groups excluding carboxylic acids is 4. The van der Waals surface area contributed by atoms with Crippen LogP contribution in [0, 0.1) is 26.0 Å². The van der Waals surface area contributed by atoms with E-state index in [1.54, 1.807) is 5.32 Å². The summed E-state index contributed by atoms with van der Waals surface area (Å²) in [6.07, 6.45) is -18.6. The van der Waals surface area contributed by atoms with E-state index < -0.39 is 147 Å². The molecule has 32 heteroatoms. The number of nitrogens with zero attached hydrogens (tertiary/aromatic N) is 3. The van der Waals surface area contributed by atoms with E-state index in [0.29, 0.717) is 55.5 Å². The lowest BCUT2D eigenvalue weighted by Gasteiger charge is -2.38. The van der Waals surface area contributed by atoms with Crippen molar-refractivity contribution in [3.8, 4) is 11.3 Å². The highest BCUT2D eigenvalue weighted by Gasteiger charge is 2.57. The van der Waals surface area contributed by atoms with Gasteiger partial charge in [-0.05, 0) is 92.6 Å². The Balaban J connectivity index is 2.34. The maximum Gasteiger partial charge on any atom is 0.510 e. The van der Waals surface area contributed by atoms with E-state index in [1.165, 1.54) is 29.6 Å². The maximum absolute atomic E-state index is 16.0. The quantitative estimate of drug-likeness (QED) is 0.0150. The number of hydrazine groups is 1. The number of carboxylic acid groups (broad SMARTS) is 1. The molecule has 1 heterocycles. The summed E-state index contributed by atoms with van der Waals surface area (Å²) in [6, 6.07) is 0.314. The average molecular weight is 1150 g/mol. The van der Waals surface area contributed by atoms with Crippen LogP contribution < -0.4 is 21.4 Å². The van der Waals surface area contributed by atoms with Gasteiger partial charge < -0.3 is 45.1 Å². The summed E-state index contributed by atoms with van der Waals surface area (Å²) >= 11 is 1.87. The highest BCUT2D eigenvalue weighted by atomic mass is 127. The second-order valence-electron chi connectivity index (χ2n) is 15.9. The van der Waals surface area contributed by atoms with Gasteiger partial charge in [-0.3, -0.25) is 15.0 Å². The van der Waals surface area contributed by atoms with E-state index >= 15 is 8.78 Å². The number of ether oxygens (including phenoxy) is 3. The minimum Gasteiger partial charge on any atom is -0.465 e. The van der Waals surface area contributed by atoms with E-state index in [2.05, 4.69) is 24.4 Å². The summed E-state index contributed by atoms with van der Waals surface area (Å²) in [7, 11) is -4.67. The summed E-state index contributed by atoms with van der Waals surface area (Å²) in [6.45, 7) is -5.67. The second kappa shape index (κ2) is 23.6. The molecule has 0 aliphatic rings. The fraction of sp³-hybridized carbons (Fsp3) is 0.474. The molecule has 7 N–H and O–H groups in total. The fourth-order valence-corrected chi connectivity index (χ4v) is 6.57. The summed E-state index contributed by atoms with van der Waals surface area (Å²) in [4.78, 5) is 83.4. The molecular weight excluding hydrogens is 1110 g/mol. The number of amides is 4. The number of rotatable bonds is 21. The first-order valence-electron chi connectivity index (χ1n) is 19.5. The minimum absolute atomic E-state index is 0.135. The van der Waals surface area contributed by atoms with Crippen molar-refractivity contribution in [1.82, 2.24) is 36.2 Å². The van der Waals surface area contributed by atoms with Crippen LogP contribution in [0.5, 0.6) is 0 Å². The largest absolute Gasteiger partial charge is 0.510 e. The number of halogens is 11. The molecule has 0 spiro atoms. The molecule has 2 aromatic carbocycles. The zero-order valence-electron chi connectivity index (χ0n) is 36.7. The Morgan fingerprint density at radius 1 is 0.857 bits per heavy atom. The predicted molar refractivity (Wildman–Crippen MR) is 225 cm³/mol. The van der Waals surface area contributed by atoms with Gasteiger partial charge in [0.25, 0.3) is 5.91 Å². The number of hydrogen-bond acceptors (Lipinski definition) is 12. The van der Waals surface area contributed by atoms with E-state index in [0.717, 1.165) is 12.3 Å². The maximum atomic E-state index is 16.0. The molecule has 0 fully saturated rings. The van der Waals surface area contributed by atoms with Crippen molar-refractivity contribution in [2.24, 2.45) is 10.8 Å². The van der Waals surface area contributed by atoms with Gasteiger partial charge in [-0.15, -0.1) is 0 Å². The first kappa shape index (κ1) is 58.8. The third-order valence-corrected chi connectivity index (χ3v) is 11.4. The SMILES string of the molecule is COC(=O)NC(C(=O)NN(Cc1c(F)cc(-c2ccn(C(F)F)n2)cc1F)CC(OC(=O)OCOP(=O)(O)O)C(Cc1ccc(I)cc1)NC(=O)C(NC(=O)O)C(C)(C)C(F)(F)F)C(C)(C)C(F)(F)F. The van der Waals surface area contributed by atoms with Crippen molar-refractivity contribution >= 4 is 60.6 Å². The van der Waals surface area contributed by atoms with Crippen LogP contribution >= 0.6 is 30.4 Å². The lowest BCUT2D eigenvalue weighted by atomic mass is 9.82. The van der Waals surface area contributed by atoms with Crippen LogP contribution in [0.1, 0.15) is 45.4 Å². The summed E-state index contributed by atoms with van der Waals surface area (Å²) in [5, 5.41) is 18.6. The number of alkyl halides is 8. The first-order chi connectivity index (χ1) is 32.1. The molecule has 20 nitrogen and oxygen atoms in total. The van der Waals surface area contributed by atoms with Crippen molar-refractivity contribution in [2.75, 3.05) is 20.4 Å². The molecule has 1 aromatic heterocycles. The zero-order chi connectivity index (χ0) is 53.3. The lowest BCUT2D eigenvalue weighted by Crippen LogP contribution is -2.64. The highest BCUT2D eigenvalue weighted by Crippen LogP contribution is 2.42. The number of carbonyl (C=O) groups is 5. The smallest absolute Gasteiger partial charge is 0.465 e. The van der Waals surface area contributed by atoms with E-state index in [-0.39, 0.29) is 10.2 Å². The Kier molecular flexibility index (Phi) is 19.8. The van der Waals surface area contributed by atoms with Crippen molar-refractivity contribution in [1.29, 1.82) is 0 Å². The lowest BCUT2D eigenvalue weighted by molar-refractivity contribution is -0.221. The van der Waals surface area contributed by atoms with Crippen LogP contribution in [0.15, 0.2) is 48.7 Å². The van der Waals surface area contributed by atoms with Crippen molar-refractivity contribution in [3.63, 3.8) is 0 Å². The van der Waals surface area contributed by atoms with Crippen LogP contribution in [-0.2, 0) is 45.9 Å². The molecule has 4 unspecified atom stereocenters. The predicted octanol–water partition coefficient (Wildman–Crippen LogP) is 6.52. The Morgan fingerprint density at radius 2 is 1.40 bits per heavy atom. The normalized spacial score (nSPS) is 14.3. The van der Waals surface area contributed by atoms with Crippen LogP contribution in [0.25, 0.3) is 11.3 Å². The topological polar surface area (TPSA) is 269 Å². The molecule has 70 heavy (non-hydrogen) atoms. The number of aromatic nitrogens is 2. The zero-order valence-corrected chi connectivity index (χ0v) is 39.8. The van der Waals surface area contributed by atoms with Gasteiger partial charge in [0.05, 0.1) is 36.2 Å². The standard InChI is InChI=1S/C38H43F10IN7O13P/c1-35(2,37(43,44)45)27(51-32(59)60)29(57)50-25(12-18-6-8-20(49)9-7-18)26(69-34(62)67-17-68-70(63,64)65)16-55(54-30(58)28(52-33(61)66-5)36(3,4)38(46,47)48)15-21-22(39)13-19(14-23(21)40)24-10-11-56(53-24)31(41)42/h6-11,13-14,25-28,31,51H,12,15-17H2,1-5H3,(H,50,57)(H,52,61)(H,54,58)(H,59,60)(H2,63,64,65). The number of hydrogen-bond donors (Lipinski definition) is 7. The van der Waals surface area contributed by atoms with Crippen molar-refractivity contribution in [3.05, 3.63) is 75.0 Å². The van der Waals surface area contributed by atoms with Gasteiger partial charge in [-0.25, -0.2) is 41.9 Å². The van der Waals surface area contributed by atoms with Gasteiger partial charge in [0.15, 0.2) is 0 Å². The Bertz CT molecular complexity index is 2370. The summed E-state index contributed by atoms with van der Waals surface area (Å²) in [5.74, 6) is -6.71. The third kappa shape index (κ3) is 16.3. The first-order valence-corrected chi connectivity index (χ1v) is 22.1. The van der Waals surface area contributed by atoms with E-state index in [4.69, 9.17) is 14.5 Å². The summed E-state index contributed by atoms with van der Waals surface area (Å²) in [5.41, 5.74) is -6.34. The van der Waals surface area contributed by atoms with Crippen LogP contribution in [-0.4, -0.2) is 117 Å². The monoisotopic (exact) mass is 1150 g/mol. The van der Waals surface area contributed by atoms with Gasteiger partial charge in [0.1, 0.15) is 29.8 Å². The van der Waals surface area contributed by atoms with Crippen LogP contribution in [0.3, 0.4) is 0 Å². The molecular formula is C38H43F10IN7O13P. The molecule has 0 radical (unpaired) electrons. The molecule has 0 saturated carbocycles. The van der Waals surface area contributed by atoms with Gasteiger partial charge in [0, 0.05) is 27.4 Å². The molecule has 4 atom stereocenters. The number of nitrogens with one attached hydrogen (secondary N) is 4. The van der Waals surface area contributed by atoms with Crippen LogP contribution in [0.4, 0.5) is 58.3 Å². The third-order valence-electron chi connectivity index (χ3n) is 10.2. The molecule has 3 rings (SSSR count). The van der Waals surface area contributed by atoms with Gasteiger partial charge >= 0.3 is 45.1 Å². The Hall–Kier alpha value is -5.50. The van der Waals surface area contributed by atoms with Gasteiger partial charge in [-0.1, -0.05) is 12.1 Å². The van der Waals surface area contributed by atoms with Gasteiger partial charge in [0.2, 0.25) is 12.7 Å². The van der Waals surface area contributed by atoms with Crippen LogP contribution in [0.2, 0.25) is 0 Å². The number of phosphoric acid groups is 1. The Morgan fingerprint density at radius 3 is 1.87 bits per heavy atom.